The summed E-state index contributed by atoms with van der Waals surface area (Å²) < 4.78 is 48.1. The van der Waals surface area contributed by atoms with Gasteiger partial charge in [0.05, 0.1) is 11.2 Å². The summed E-state index contributed by atoms with van der Waals surface area (Å²) in [6.07, 6.45) is -0.883. The number of nitrogen functional groups attached to an aromatic ring is 2. The summed E-state index contributed by atoms with van der Waals surface area (Å²) in [6, 6.07) is 8.27. The summed E-state index contributed by atoms with van der Waals surface area (Å²) in [5.41, 5.74) is 12.6. The molecular formula is C22H20F3N7O2. The van der Waals surface area contributed by atoms with Gasteiger partial charge in [0.2, 0.25) is 5.75 Å². The smallest absolute Gasteiger partial charge is 0.402 e. The number of halogens is 3. The van der Waals surface area contributed by atoms with E-state index in [9.17, 15) is 18.0 Å². The molecule has 34 heavy (non-hydrogen) atoms. The van der Waals surface area contributed by atoms with Crippen molar-refractivity contribution < 1.29 is 22.7 Å². The number of hydrogen-bond donors (Lipinski definition) is 2. The van der Waals surface area contributed by atoms with Crippen LogP contribution in [0.1, 0.15) is 18.2 Å². The normalized spacial score (nSPS) is 11.1. The highest BCUT2D eigenvalue weighted by atomic mass is 19.2. The van der Waals surface area contributed by atoms with Gasteiger partial charge >= 0.3 is 6.09 Å². The van der Waals surface area contributed by atoms with Crippen molar-refractivity contribution in [1.82, 2.24) is 24.6 Å². The average molecular weight is 471 g/mol. The lowest BCUT2D eigenvalue weighted by atomic mass is 10.1. The predicted octanol–water partition coefficient (Wildman–Crippen LogP) is 3.44. The van der Waals surface area contributed by atoms with Crippen molar-refractivity contribution in [3.05, 3.63) is 65.1 Å². The van der Waals surface area contributed by atoms with Crippen LogP contribution in [0, 0.1) is 17.5 Å². The monoisotopic (exact) mass is 471 g/mol. The van der Waals surface area contributed by atoms with E-state index in [0.29, 0.717) is 29.2 Å². The lowest BCUT2D eigenvalue weighted by Crippen LogP contribution is -2.30. The molecule has 0 saturated carbocycles. The quantitative estimate of drug-likeness (QED) is 0.427. The molecule has 0 spiro atoms. The van der Waals surface area contributed by atoms with Gasteiger partial charge in [-0.15, -0.1) is 0 Å². The number of anilines is 2. The van der Waals surface area contributed by atoms with Gasteiger partial charge in [0.15, 0.2) is 23.3 Å². The van der Waals surface area contributed by atoms with E-state index in [-0.39, 0.29) is 35.3 Å². The van der Waals surface area contributed by atoms with Crippen molar-refractivity contribution in [1.29, 1.82) is 0 Å². The van der Waals surface area contributed by atoms with Crippen molar-refractivity contribution in [3.63, 3.8) is 0 Å². The van der Waals surface area contributed by atoms with E-state index in [2.05, 4.69) is 15.1 Å². The first kappa shape index (κ1) is 22.8. The van der Waals surface area contributed by atoms with Crippen molar-refractivity contribution in [2.75, 3.05) is 25.1 Å². The van der Waals surface area contributed by atoms with Crippen LogP contribution >= 0.6 is 0 Å². The Labute approximate surface area is 191 Å². The fourth-order valence-electron chi connectivity index (χ4n) is 3.30. The molecule has 176 valence electrons. The highest BCUT2D eigenvalue weighted by Gasteiger charge is 2.21. The molecule has 0 aliphatic rings. The molecule has 0 radical (unpaired) electrons. The zero-order valence-electron chi connectivity index (χ0n) is 18.2. The van der Waals surface area contributed by atoms with Crippen LogP contribution in [0.5, 0.6) is 5.75 Å². The van der Waals surface area contributed by atoms with E-state index in [0.717, 1.165) is 6.07 Å². The third-order valence-corrected chi connectivity index (χ3v) is 5.16. The molecule has 0 unspecified atom stereocenters. The van der Waals surface area contributed by atoms with E-state index in [1.54, 1.807) is 31.2 Å². The number of ether oxygens (including phenoxy) is 1. The predicted molar refractivity (Wildman–Crippen MR) is 119 cm³/mol. The Bertz CT molecular complexity index is 1380. The summed E-state index contributed by atoms with van der Waals surface area (Å²) in [4.78, 5) is 21.7. The number of nitrogens with two attached hydrogens (primary N) is 2. The van der Waals surface area contributed by atoms with Crippen LogP contribution in [0.15, 0.2) is 36.4 Å². The minimum atomic E-state index is -1.29. The number of hydrogen-bond acceptors (Lipinski definition) is 7. The highest BCUT2D eigenvalue weighted by molar-refractivity contribution is 5.83. The zero-order chi connectivity index (χ0) is 24.6. The van der Waals surface area contributed by atoms with E-state index in [1.807, 2.05) is 0 Å². The largest absolute Gasteiger partial charge is 0.415 e. The molecule has 2 aromatic heterocycles. The van der Waals surface area contributed by atoms with Crippen molar-refractivity contribution in [2.45, 2.75) is 13.3 Å². The molecule has 0 aliphatic carbocycles. The van der Waals surface area contributed by atoms with E-state index >= 15 is 0 Å². The Kier molecular flexibility index (Phi) is 5.97. The Morgan fingerprint density at radius 3 is 2.47 bits per heavy atom. The van der Waals surface area contributed by atoms with Gasteiger partial charge in [0.1, 0.15) is 5.82 Å². The highest BCUT2D eigenvalue weighted by Crippen LogP contribution is 2.30. The van der Waals surface area contributed by atoms with Crippen LogP contribution in [-0.4, -0.2) is 44.3 Å². The molecule has 0 fully saturated rings. The summed E-state index contributed by atoms with van der Waals surface area (Å²) in [6.45, 7) is 2.16. The average Bonchev–Trinajstić information content (AvgIpc) is 3.17. The summed E-state index contributed by atoms with van der Waals surface area (Å²) >= 11 is 0. The van der Waals surface area contributed by atoms with Crippen LogP contribution in [0.4, 0.5) is 29.6 Å². The van der Waals surface area contributed by atoms with Crippen LogP contribution in [0.25, 0.3) is 16.9 Å². The van der Waals surface area contributed by atoms with Crippen LogP contribution < -0.4 is 16.2 Å². The molecule has 2 heterocycles. The number of fused-ring (bicyclic) bond motifs is 1. The van der Waals surface area contributed by atoms with E-state index < -0.39 is 23.5 Å². The second-order valence-electron chi connectivity index (χ2n) is 7.42. The molecule has 0 bridgehead atoms. The molecular weight excluding hydrogens is 451 g/mol. The third kappa shape index (κ3) is 4.17. The van der Waals surface area contributed by atoms with Crippen LogP contribution in [0.2, 0.25) is 0 Å². The van der Waals surface area contributed by atoms with E-state index in [4.69, 9.17) is 16.2 Å². The Morgan fingerprint density at radius 2 is 1.79 bits per heavy atom. The van der Waals surface area contributed by atoms with Gasteiger partial charge in [-0.2, -0.15) is 19.7 Å². The number of rotatable bonds is 5. The van der Waals surface area contributed by atoms with Crippen LogP contribution in [0.3, 0.4) is 0 Å². The number of benzene rings is 2. The first-order valence-electron chi connectivity index (χ1n) is 10.2. The van der Waals surface area contributed by atoms with Gasteiger partial charge in [0.25, 0.3) is 5.95 Å². The van der Waals surface area contributed by atoms with Gasteiger partial charge in [-0.1, -0.05) is 18.2 Å². The van der Waals surface area contributed by atoms with Gasteiger partial charge in [0, 0.05) is 31.5 Å². The topological polar surface area (TPSA) is 125 Å². The number of para-hydroxylation sites is 1. The molecule has 0 saturated heterocycles. The lowest BCUT2D eigenvalue weighted by molar-refractivity contribution is 0.165. The first-order chi connectivity index (χ1) is 16.2. The Morgan fingerprint density at radius 1 is 1.12 bits per heavy atom. The number of aromatic nitrogens is 4. The van der Waals surface area contributed by atoms with Gasteiger partial charge in [-0.3, -0.25) is 0 Å². The molecule has 0 atom stereocenters. The minimum absolute atomic E-state index is 0.0352. The SMILES string of the molecule is CCN(C)C(=O)Oc1c(N)nc(-n2nc(Cc3cc(F)cc(F)c3F)c3ccccc32)nc1N. The van der Waals surface area contributed by atoms with Crippen molar-refractivity contribution in [3.8, 4) is 11.7 Å². The maximum Gasteiger partial charge on any atom is 0.415 e. The molecule has 1 amide bonds. The molecule has 0 aliphatic heterocycles. The van der Waals surface area contributed by atoms with Gasteiger partial charge < -0.3 is 21.1 Å². The summed E-state index contributed by atoms with van der Waals surface area (Å²) in [5.74, 6) is -3.97. The lowest BCUT2D eigenvalue weighted by Gasteiger charge is -2.16. The number of carbonyl (C=O) groups excluding carboxylic acids is 1. The first-order valence-corrected chi connectivity index (χ1v) is 10.2. The summed E-state index contributed by atoms with van der Waals surface area (Å²) in [7, 11) is 1.54. The van der Waals surface area contributed by atoms with Crippen LogP contribution in [-0.2, 0) is 6.42 Å². The second kappa shape index (κ2) is 8.89. The van der Waals surface area contributed by atoms with Crippen molar-refractivity contribution >= 4 is 28.6 Å². The second-order valence-corrected chi connectivity index (χ2v) is 7.42. The maximum absolute atomic E-state index is 14.3. The number of nitrogens with zero attached hydrogens (tertiary/aromatic N) is 5. The molecule has 4 rings (SSSR count). The number of carbonyl (C=O) groups is 1. The van der Waals surface area contributed by atoms with Gasteiger partial charge in [-0.05, 0) is 24.6 Å². The Hall–Kier alpha value is -4.35. The van der Waals surface area contributed by atoms with Crippen molar-refractivity contribution in [2.24, 2.45) is 0 Å². The maximum atomic E-state index is 14.3. The molecule has 9 nitrogen and oxygen atoms in total. The standard InChI is InChI=1S/C22H20F3N7O2/c1-3-31(2)22(33)34-18-19(26)28-21(29-20(18)27)32-16-7-5-4-6-13(16)15(30-32)9-11-8-12(23)10-14(24)17(11)25/h4-8,10H,3,9H2,1-2H3,(H4,26,27,28,29). The zero-order valence-corrected chi connectivity index (χ0v) is 18.2. The summed E-state index contributed by atoms with van der Waals surface area (Å²) in [5, 5.41) is 5.00. The Balaban J connectivity index is 1.77. The molecule has 4 N–H and O–H groups in total. The molecule has 2 aromatic carbocycles. The molecule has 12 heteroatoms. The minimum Gasteiger partial charge on any atom is -0.402 e. The molecule has 4 aromatic rings. The number of amides is 1. The van der Waals surface area contributed by atoms with Gasteiger partial charge in [-0.25, -0.2) is 18.0 Å². The fraction of sp³-hybridized carbons (Fsp3) is 0.182. The van der Waals surface area contributed by atoms with E-state index in [1.165, 1.54) is 16.6 Å². The third-order valence-electron chi connectivity index (χ3n) is 5.16. The fourth-order valence-corrected chi connectivity index (χ4v) is 3.30.